The van der Waals surface area contributed by atoms with Crippen LogP contribution < -0.4 is 5.32 Å². The molecule has 4 atom stereocenters. The summed E-state index contributed by atoms with van der Waals surface area (Å²) in [5.74, 6) is 0.842. The molecule has 6 nitrogen and oxygen atoms in total. The summed E-state index contributed by atoms with van der Waals surface area (Å²) in [6.07, 6.45) is 5.50. The topological polar surface area (TPSA) is 83.2 Å². The molecule has 134 valence electrons. The van der Waals surface area contributed by atoms with E-state index in [2.05, 4.69) is 44.1 Å². The van der Waals surface area contributed by atoms with Crippen LogP contribution in [0.25, 0.3) is 11.0 Å². The van der Waals surface area contributed by atoms with Crippen molar-refractivity contribution in [2.24, 2.45) is 0 Å². The lowest BCUT2D eigenvalue weighted by molar-refractivity contribution is 0.0438. The van der Waals surface area contributed by atoms with E-state index in [0.29, 0.717) is 12.8 Å². The highest BCUT2D eigenvalue weighted by atomic mass is 16.3. The minimum Gasteiger partial charge on any atom is -0.390 e. The fourth-order valence-corrected chi connectivity index (χ4v) is 4.45. The van der Waals surface area contributed by atoms with Crippen LogP contribution in [0.5, 0.6) is 0 Å². The number of fused-ring (bicyclic) bond motifs is 2. The van der Waals surface area contributed by atoms with Gasteiger partial charge in [-0.1, -0.05) is 24.3 Å². The van der Waals surface area contributed by atoms with Gasteiger partial charge in [0.1, 0.15) is 17.8 Å². The lowest BCUT2D eigenvalue weighted by Crippen LogP contribution is -2.17. The van der Waals surface area contributed by atoms with Gasteiger partial charge in [0.15, 0.2) is 0 Å². The van der Waals surface area contributed by atoms with Crippen molar-refractivity contribution >= 4 is 16.9 Å². The zero-order valence-electron chi connectivity index (χ0n) is 14.4. The van der Waals surface area contributed by atoms with Gasteiger partial charge in [0.2, 0.25) is 0 Å². The Morgan fingerprint density at radius 3 is 2.69 bits per heavy atom. The van der Waals surface area contributed by atoms with Crippen LogP contribution in [0.4, 0.5) is 5.82 Å². The Bertz CT molecular complexity index is 944. The number of nitrogens with one attached hydrogen (secondary N) is 1. The molecule has 0 spiro atoms. The van der Waals surface area contributed by atoms with Gasteiger partial charge in [0.05, 0.1) is 23.6 Å². The summed E-state index contributed by atoms with van der Waals surface area (Å²) in [6, 6.07) is 10.9. The van der Waals surface area contributed by atoms with Gasteiger partial charge in [-0.15, -0.1) is 0 Å². The van der Waals surface area contributed by atoms with Crippen LogP contribution in [0, 0.1) is 0 Å². The molecule has 2 aliphatic rings. The maximum absolute atomic E-state index is 9.87. The molecule has 5 rings (SSSR count). The van der Waals surface area contributed by atoms with Crippen LogP contribution >= 0.6 is 0 Å². The van der Waals surface area contributed by atoms with Gasteiger partial charge in [-0.25, -0.2) is 9.97 Å². The monoisotopic (exact) mass is 350 g/mol. The first-order chi connectivity index (χ1) is 12.7. The van der Waals surface area contributed by atoms with Gasteiger partial charge in [-0.3, -0.25) is 0 Å². The molecule has 0 amide bonds. The third-order valence-corrected chi connectivity index (χ3v) is 5.82. The largest absolute Gasteiger partial charge is 0.390 e. The summed E-state index contributed by atoms with van der Waals surface area (Å²) in [6.45, 7) is 0. The van der Waals surface area contributed by atoms with E-state index in [-0.39, 0.29) is 12.1 Å². The molecule has 1 unspecified atom stereocenters. The number of aryl methyl sites for hydroxylation is 1. The van der Waals surface area contributed by atoms with E-state index in [1.807, 2.05) is 12.3 Å². The molecule has 0 radical (unpaired) electrons. The molecule has 0 bridgehead atoms. The molecule has 2 heterocycles. The van der Waals surface area contributed by atoms with Gasteiger partial charge < -0.3 is 20.1 Å². The van der Waals surface area contributed by atoms with Crippen molar-refractivity contribution < 1.29 is 10.2 Å². The van der Waals surface area contributed by atoms with Crippen molar-refractivity contribution in [2.75, 3.05) is 5.32 Å². The Kier molecular flexibility index (Phi) is 3.69. The lowest BCUT2D eigenvalue weighted by Gasteiger charge is -2.16. The van der Waals surface area contributed by atoms with E-state index in [4.69, 9.17) is 0 Å². The Morgan fingerprint density at radius 1 is 1.04 bits per heavy atom. The highest BCUT2D eigenvalue weighted by Crippen LogP contribution is 2.37. The molecule has 1 aromatic carbocycles. The van der Waals surface area contributed by atoms with E-state index in [9.17, 15) is 10.2 Å². The number of aliphatic hydroxyl groups excluding tert-OH is 2. The van der Waals surface area contributed by atoms with E-state index in [1.54, 1.807) is 6.33 Å². The van der Waals surface area contributed by atoms with Crippen molar-refractivity contribution in [1.82, 2.24) is 14.5 Å². The van der Waals surface area contributed by atoms with Gasteiger partial charge in [-0.2, -0.15) is 0 Å². The second kappa shape index (κ2) is 6.07. The van der Waals surface area contributed by atoms with E-state index in [0.717, 1.165) is 29.7 Å². The highest BCUT2D eigenvalue weighted by Gasteiger charge is 2.33. The number of rotatable bonds is 3. The van der Waals surface area contributed by atoms with Gasteiger partial charge in [-0.05, 0) is 42.9 Å². The predicted molar refractivity (Wildman–Crippen MR) is 98.9 cm³/mol. The summed E-state index contributed by atoms with van der Waals surface area (Å²) in [4.78, 5) is 8.94. The molecule has 3 aromatic rings. The summed E-state index contributed by atoms with van der Waals surface area (Å²) in [5, 5.41) is 24.3. The minimum absolute atomic E-state index is 0.0625. The maximum atomic E-state index is 9.87. The molecule has 3 N–H and O–H groups in total. The SMILES string of the molecule is O[C@@H]1CC(n2ccc3c(N[C@H]4CCc5ccccc54)ncnc32)C[C@@H]1O. The zero-order chi connectivity index (χ0) is 17.7. The summed E-state index contributed by atoms with van der Waals surface area (Å²) in [5.41, 5.74) is 3.60. The number of hydrogen-bond acceptors (Lipinski definition) is 5. The fraction of sp³-hybridized carbons (Fsp3) is 0.400. The molecular weight excluding hydrogens is 328 g/mol. The number of aromatic nitrogens is 3. The second-order valence-electron chi connectivity index (χ2n) is 7.38. The number of aliphatic hydroxyl groups is 2. The molecular formula is C20H22N4O2. The van der Waals surface area contributed by atoms with Crippen LogP contribution in [0.15, 0.2) is 42.9 Å². The van der Waals surface area contributed by atoms with E-state index in [1.165, 1.54) is 11.1 Å². The van der Waals surface area contributed by atoms with Gasteiger partial charge in [0, 0.05) is 12.2 Å². The Labute approximate surface area is 151 Å². The standard InChI is InChI=1S/C20H22N4O2/c25-17-9-13(10-18(17)26)24-8-7-15-19(21-11-22-20(15)24)23-16-6-5-12-3-1-2-4-14(12)16/h1-4,7-8,11,13,16-18,25-26H,5-6,9-10H2,(H,21,22,23)/t13?,16-,17-,18+/m0/s1. The van der Waals surface area contributed by atoms with Crippen molar-refractivity contribution in [2.45, 2.75) is 50.0 Å². The van der Waals surface area contributed by atoms with Crippen LogP contribution in [-0.4, -0.2) is 37.0 Å². The average molecular weight is 350 g/mol. The number of nitrogens with zero attached hydrogens (tertiary/aromatic N) is 3. The van der Waals surface area contributed by atoms with E-state index >= 15 is 0 Å². The van der Waals surface area contributed by atoms with Crippen molar-refractivity contribution in [3.63, 3.8) is 0 Å². The summed E-state index contributed by atoms with van der Waals surface area (Å²) < 4.78 is 2.06. The maximum Gasteiger partial charge on any atom is 0.145 e. The lowest BCUT2D eigenvalue weighted by atomic mass is 10.1. The van der Waals surface area contributed by atoms with Crippen LogP contribution in [-0.2, 0) is 6.42 Å². The first kappa shape index (κ1) is 15.8. The second-order valence-corrected chi connectivity index (χ2v) is 7.38. The average Bonchev–Trinajstić information content (AvgIpc) is 3.34. The molecule has 1 saturated carbocycles. The van der Waals surface area contributed by atoms with Crippen LogP contribution in [0.3, 0.4) is 0 Å². The normalized spacial score (nSPS) is 27.8. The highest BCUT2D eigenvalue weighted by molar-refractivity contribution is 5.87. The zero-order valence-corrected chi connectivity index (χ0v) is 14.4. The third-order valence-electron chi connectivity index (χ3n) is 5.82. The van der Waals surface area contributed by atoms with Gasteiger partial charge >= 0.3 is 0 Å². The smallest absolute Gasteiger partial charge is 0.145 e. The molecule has 0 aliphatic heterocycles. The quantitative estimate of drug-likeness (QED) is 0.676. The molecule has 1 fully saturated rings. The van der Waals surface area contributed by atoms with Crippen molar-refractivity contribution in [3.8, 4) is 0 Å². The fourth-order valence-electron chi connectivity index (χ4n) is 4.45. The minimum atomic E-state index is -0.660. The van der Waals surface area contributed by atoms with Crippen molar-refractivity contribution in [3.05, 3.63) is 54.0 Å². The number of hydrogen-bond donors (Lipinski definition) is 3. The molecule has 0 saturated heterocycles. The van der Waals surface area contributed by atoms with Crippen molar-refractivity contribution in [1.29, 1.82) is 0 Å². The van der Waals surface area contributed by atoms with Gasteiger partial charge in [0.25, 0.3) is 0 Å². The number of anilines is 1. The number of benzene rings is 1. The van der Waals surface area contributed by atoms with E-state index < -0.39 is 12.2 Å². The van der Waals surface area contributed by atoms with Crippen LogP contribution in [0.2, 0.25) is 0 Å². The molecule has 2 aromatic heterocycles. The molecule has 6 heteroatoms. The third kappa shape index (κ3) is 2.48. The molecule has 26 heavy (non-hydrogen) atoms. The Balaban J connectivity index is 1.47. The Hall–Kier alpha value is -2.44. The predicted octanol–water partition coefficient (Wildman–Crippen LogP) is 2.59. The summed E-state index contributed by atoms with van der Waals surface area (Å²) >= 11 is 0. The first-order valence-electron chi connectivity index (χ1n) is 9.22. The molecule has 2 aliphatic carbocycles. The first-order valence-corrected chi connectivity index (χ1v) is 9.22. The Morgan fingerprint density at radius 2 is 1.85 bits per heavy atom. The van der Waals surface area contributed by atoms with Crippen LogP contribution in [0.1, 0.15) is 42.5 Å². The summed E-state index contributed by atoms with van der Waals surface area (Å²) in [7, 11) is 0.